The molecule has 0 aromatic heterocycles. The fourth-order valence-electron chi connectivity index (χ4n) is 3.35. The Bertz CT molecular complexity index is 551. The van der Waals surface area contributed by atoms with E-state index in [2.05, 4.69) is 4.90 Å². The quantitative estimate of drug-likeness (QED) is 0.901. The van der Waals surface area contributed by atoms with E-state index in [1.807, 2.05) is 14.1 Å². The van der Waals surface area contributed by atoms with Crippen LogP contribution in [0.2, 0.25) is 0 Å². The lowest BCUT2D eigenvalue weighted by Gasteiger charge is -2.41. The highest BCUT2D eigenvalue weighted by molar-refractivity contribution is 5.94. The molecule has 1 aromatic rings. The Morgan fingerprint density at radius 3 is 2.74 bits per heavy atom. The Hall–Kier alpha value is -1.53. The van der Waals surface area contributed by atoms with Gasteiger partial charge in [0.1, 0.15) is 11.6 Å². The molecule has 23 heavy (non-hydrogen) atoms. The highest BCUT2D eigenvalue weighted by atomic mass is 19.1. The second kappa shape index (κ2) is 7.84. The van der Waals surface area contributed by atoms with Gasteiger partial charge in [-0.3, -0.25) is 4.79 Å². The summed E-state index contributed by atoms with van der Waals surface area (Å²) in [6, 6.07) is 3.38. The molecule has 2 atom stereocenters. The monoisotopic (exact) mass is 326 g/mol. The van der Waals surface area contributed by atoms with Crippen LogP contribution < -0.4 is 0 Å². The average molecular weight is 326 g/mol. The van der Waals surface area contributed by atoms with Gasteiger partial charge in [-0.25, -0.2) is 8.78 Å². The normalized spacial score (nSPS) is 21.7. The van der Waals surface area contributed by atoms with Crippen molar-refractivity contribution in [3.8, 4) is 0 Å². The van der Waals surface area contributed by atoms with Gasteiger partial charge in [-0.2, -0.15) is 0 Å². The third kappa shape index (κ3) is 4.26. The second-order valence-electron chi connectivity index (χ2n) is 6.32. The molecule has 0 bridgehead atoms. The van der Waals surface area contributed by atoms with Crippen molar-refractivity contribution < 1.29 is 18.7 Å². The number of rotatable bonds is 5. The topological polar surface area (TPSA) is 43.8 Å². The molecule has 1 saturated heterocycles. The molecule has 0 saturated carbocycles. The average Bonchev–Trinajstić information content (AvgIpc) is 2.51. The number of aliphatic hydroxyl groups excluding tert-OH is 1. The lowest BCUT2D eigenvalue weighted by molar-refractivity contribution is 0.0491. The van der Waals surface area contributed by atoms with Crippen LogP contribution in [0.5, 0.6) is 0 Å². The standard InChI is InChI=1S/C17H24F2N2O2/c1-20(2)16-7-8-21(11-12(16)4-3-9-22)17(23)14-6-5-13(18)10-15(14)19/h5-6,10,12,16,22H,3-4,7-9,11H2,1-2H3/t12-,16+/m1/s1. The van der Waals surface area contributed by atoms with Gasteiger partial charge in [0, 0.05) is 31.8 Å². The number of carbonyl (C=O) groups excluding carboxylic acids is 1. The Labute approximate surface area is 135 Å². The van der Waals surface area contributed by atoms with E-state index in [1.54, 1.807) is 4.90 Å². The zero-order chi connectivity index (χ0) is 17.0. The predicted octanol–water partition coefficient (Wildman–Crippen LogP) is 2.13. The van der Waals surface area contributed by atoms with Crippen LogP contribution in [0.3, 0.4) is 0 Å². The lowest BCUT2D eigenvalue weighted by Crippen LogP contribution is -2.50. The van der Waals surface area contributed by atoms with E-state index in [4.69, 9.17) is 5.11 Å². The minimum atomic E-state index is -0.823. The Kier molecular flexibility index (Phi) is 6.07. The SMILES string of the molecule is CN(C)[C@H]1CCN(C(=O)c2ccc(F)cc2F)C[C@H]1CCCO. The summed E-state index contributed by atoms with van der Waals surface area (Å²) in [4.78, 5) is 16.3. The molecule has 1 aliphatic rings. The van der Waals surface area contributed by atoms with E-state index in [-0.39, 0.29) is 18.1 Å². The number of halogens is 2. The fraction of sp³-hybridized carbons (Fsp3) is 0.588. The first-order valence-corrected chi connectivity index (χ1v) is 7.95. The van der Waals surface area contributed by atoms with Crippen molar-refractivity contribution in [1.29, 1.82) is 0 Å². The third-order valence-corrected chi connectivity index (χ3v) is 4.54. The molecule has 0 unspecified atom stereocenters. The van der Waals surface area contributed by atoms with Gasteiger partial charge in [0.25, 0.3) is 5.91 Å². The molecule has 0 spiro atoms. The van der Waals surface area contributed by atoms with Gasteiger partial charge in [0.15, 0.2) is 0 Å². The smallest absolute Gasteiger partial charge is 0.256 e. The molecular weight excluding hydrogens is 302 g/mol. The summed E-state index contributed by atoms with van der Waals surface area (Å²) in [6.45, 7) is 1.20. The Morgan fingerprint density at radius 1 is 1.39 bits per heavy atom. The number of nitrogens with zero attached hydrogens (tertiary/aromatic N) is 2. The number of hydrogen-bond acceptors (Lipinski definition) is 3. The van der Waals surface area contributed by atoms with Crippen molar-refractivity contribution in [2.45, 2.75) is 25.3 Å². The molecule has 4 nitrogen and oxygen atoms in total. The first-order chi connectivity index (χ1) is 10.9. The van der Waals surface area contributed by atoms with Gasteiger partial charge in [-0.1, -0.05) is 0 Å². The van der Waals surface area contributed by atoms with Crippen molar-refractivity contribution >= 4 is 5.91 Å². The van der Waals surface area contributed by atoms with E-state index in [0.29, 0.717) is 25.6 Å². The van der Waals surface area contributed by atoms with E-state index in [0.717, 1.165) is 25.0 Å². The van der Waals surface area contributed by atoms with E-state index in [9.17, 15) is 13.6 Å². The summed E-state index contributed by atoms with van der Waals surface area (Å²) in [5, 5.41) is 9.06. The molecule has 1 heterocycles. The van der Waals surface area contributed by atoms with Gasteiger partial charge < -0.3 is 14.9 Å². The lowest BCUT2D eigenvalue weighted by atomic mass is 9.87. The molecule has 2 rings (SSSR count). The van der Waals surface area contributed by atoms with Gasteiger partial charge in [0.2, 0.25) is 0 Å². The minimum absolute atomic E-state index is 0.0874. The van der Waals surface area contributed by atoms with Gasteiger partial charge in [-0.05, 0) is 51.4 Å². The molecule has 1 aliphatic heterocycles. The summed E-state index contributed by atoms with van der Waals surface area (Å²) in [5.41, 5.74) is -0.0874. The van der Waals surface area contributed by atoms with Gasteiger partial charge in [0.05, 0.1) is 5.56 Å². The maximum absolute atomic E-state index is 13.8. The number of benzene rings is 1. The van der Waals surface area contributed by atoms with Gasteiger partial charge >= 0.3 is 0 Å². The first kappa shape index (κ1) is 17.8. The second-order valence-corrected chi connectivity index (χ2v) is 6.32. The Balaban J connectivity index is 2.12. The molecule has 0 aliphatic carbocycles. The van der Waals surface area contributed by atoms with E-state index >= 15 is 0 Å². The first-order valence-electron chi connectivity index (χ1n) is 7.95. The fourth-order valence-corrected chi connectivity index (χ4v) is 3.35. The zero-order valence-electron chi connectivity index (χ0n) is 13.6. The largest absolute Gasteiger partial charge is 0.396 e. The van der Waals surface area contributed by atoms with Crippen LogP contribution in [0.25, 0.3) is 0 Å². The van der Waals surface area contributed by atoms with Crippen LogP contribution in [0.1, 0.15) is 29.6 Å². The van der Waals surface area contributed by atoms with Crippen molar-refractivity contribution in [2.75, 3.05) is 33.8 Å². The van der Waals surface area contributed by atoms with E-state index < -0.39 is 17.5 Å². The Morgan fingerprint density at radius 2 is 2.13 bits per heavy atom. The minimum Gasteiger partial charge on any atom is -0.396 e. The van der Waals surface area contributed by atoms with Crippen molar-refractivity contribution in [3.63, 3.8) is 0 Å². The van der Waals surface area contributed by atoms with Crippen LogP contribution in [0, 0.1) is 17.6 Å². The summed E-state index contributed by atoms with van der Waals surface area (Å²) < 4.78 is 26.8. The van der Waals surface area contributed by atoms with Crippen LogP contribution >= 0.6 is 0 Å². The highest BCUT2D eigenvalue weighted by Crippen LogP contribution is 2.26. The number of piperidine rings is 1. The molecule has 0 radical (unpaired) electrons. The molecule has 128 valence electrons. The maximum atomic E-state index is 13.8. The van der Waals surface area contributed by atoms with Gasteiger partial charge in [-0.15, -0.1) is 0 Å². The summed E-state index contributed by atoms with van der Waals surface area (Å²) in [5.74, 6) is -1.67. The van der Waals surface area contributed by atoms with Crippen LogP contribution in [-0.4, -0.2) is 60.6 Å². The number of hydrogen-bond donors (Lipinski definition) is 1. The van der Waals surface area contributed by atoms with Crippen LogP contribution in [0.4, 0.5) is 8.78 Å². The number of carbonyl (C=O) groups is 1. The molecular formula is C17H24F2N2O2. The number of aliphatic hydroxyl groups is 1. The van der Waals surface area contributed by atoms with Crippen molar-refractivity contribution in [2.24, 2.45) is 5.92 Å². The highest BCUT2D eigenvalue weighted by Gasteiger charge is 2.33. The summed E-state index contributed by atoms with van der Waals surface area (Å²) >= 11 is 0. The number of amides is 1. The molecule has 1 amide bonds. The van der Waals surface area contributed by atoms with Crippen molar-refractivity contribution in [3.05, 3.63) is 35.4 Å². The summed E-state index contributed by atoms with van der Waals surface area (Å²) in [6.07, 6.45) is 2.30. The predicted molar refractivity (Wildman–Crippen MR) is 84.2 cm³/mol. The molecule has 1 aromatic carbocycles. The van der Waals surface area contributed by atoms with Crippen LogP contribution in [-0.2, 0) is 0 Å². The van der Waals surface area contributed by atoms with Crippen molar-refractivity contribution in [1.82, 2.24) is 9.80 Å². The third-order valence-electron chi connectivity index (χ3n) is 4.54. The van der Waals surface area contributed by atoms with E-state index in [1.165, 1.54) is 6.07 Å². The van der Waals surface area contributed by atoms with Crippen LogP contribution in [0.15, 0.2) is 18.2 Å². The molecule has 1 N–H and O–H groups in total. The maximum Gasteiger partial charge on any atom is 0.256 e. The summed E-state index contributed by atoms with van der Waals surface area (Å²) in [7, 11) is 4.02. The number of likely N-dealkylation sites (tertiary alicyclic amines) is 1. The molecule has 1 fully saturated rings. The molecule has 6 heteroatoms. The zero-order valence-corrected chi connectivity index (χ0v) is 13.6.